The molecule has 0 saturated heterocycles. The Kier molecular flexibility index (Phi) is 3.40. The first-order chi connectivity index (χ1) is 6.25. The quantitative estimate of drug-likeness (QED) is 0.751. The van der Waals surface area contributed by atoms with Gasteiger partial charge in [-0.15, -0.1) is 0 Å². The van der Waals surface area contributed by atoms with Gasteiger partial charge < -0.3 is 9.84 Å². The topological polar surface area (TPSA) is 59.4 Å². The normalized spacial score (nSPS) is 9.92. The van der Waals surface area contributed by atoms with Crippen molar-refractivity contribution in [1.29, 1.82) is 0 Å². The van der Waals surface area contributed by atoms with Gasteiger partial charge in [0, 0.05) is 19.5 Å². The molecule has 1 rings (SSSR count). The van der Waals surface area contributed by atoms with Gasteiger partial charge in [0.15, 0.2) is 0 Å². The number of nitrogens with zero attached hydrogens (tertiary/aromatic N) is 1. The highest BCUT2D eigenvalue weighted by atomic mass is 16.5. The molecular formula is C9H11NO3. The minimum Gasteiger partial charge on any atom is -0.478 e. The van der Waals surface area contributed by atoms with Gasteiger partial charge >= 0.3 is 5.97 Å². The predicted octanol–water partition coefficient (Wildman–Crippen LogP) is 0.969. The van der Waals surface area contributed by atoms with Gasteiger partial charge in [-0.3, -0.25) is 4.98 Å². The number of hydrogen-bond donors (Lipinski definition) is 1. The Morgan fingerprint density at radius 1 is 1.69 bits per heavy atom. The average molecular weight is 181 g/mol. The van der Waals surface area contributed by atoms with E-state index in [4.69, 9.17) is 9.84 Å². The number of carboxylic acids is 1. The third-order valence-corrected chi connectivity index (χ3v) is 1.71. The monoisotopic (exact) mass is 181 g/mol. The van der Waals surface area contributed by atoms with Crippen molar-refractivity contribution in [3.63, 3.8) is 0 Å². The Labute approximate surface area is 76.2 Å². The summed E-state index contributed by atoms with van der Waals surface area (Å²) >= 11 is 0. The molecule has 0 radical (unpaired) electrons. The Hall–Kier alpha value is -1.42. The summed E-state index contributed by atoms with van der Waals surface area (Å²) in [6, 6.07) is 1.49. The van der Waals surface area contributed by atoms with Crippen LogP contribution in [0.25, 0.3) is 0 Å². The summed E-state index contributed by atoms with van der Waals surface area (Å²) < 4.78 is 4.86. The zero-order valence-electron chi connectivity index (χ0n) is 7.36. The van der Waals surface area contributed by atoms with Gasteiger partial charge in [-0.25, -0.2) is 4.79 Å². The van der Waals surface area contributed by atoms with E-state index in [1.165, 1.54) is 12.3 Å². The molecule has 1 aromatic rings. The van der Waals surface area contributed by atoms with Crippen LogP contribution in [0.2, 0.25) is 0 Å². The maximum atomic E-state index is 10.7. The highest BCUT2D eigenvalue weighted by Gasteiger charge is 2.08. The van der Waals surface area contributed by atoms with Crippen molar-refractivity contribution < 1.29 is 14.6 Å². The fourth-order valence-corrected chi connectivity index (χ4v) is 1.05. The lowest BCUT2D eigenvalue weighted by atomic mass is 10.1. The van der Waals surface area contributed by atoms with Crippen molar-refractivity contribution in [3.8, 4) is 0 Å². The molecule has 0 aromatic carbocycles. The van der Waals surface area contributed by atoms with Gasteiger partial charge in [-0.05, 0) is 18.1 Å². The van der Waals surface area contributed by atoms with E-state index < -0.39 is 5.97 Å². The Bertz CT molecular complexity index is 299. The maximum Gasteiger partial charge on any atom is 0.336 e. The van der Waals surface area contributed by atoms with Crippen LogP contribution in [0.4, 0.5) is 0 Å². The van der Waals surface area contributed by atoms with E-state index in [1.54, 1.807) is 13.3 Å². The standard InChI is InChI=1S/C9H11NO3/c1-13-5-3-7-6-10-4-2-8(7)9(11)12/h2,4,6H,3,5H2,1H3,(H,11,12). The first kappa shape index (κ1) is 9.67. The second-order valence-electron chi connectivity index (χ2n) is 2.58. The molecule has 0 bridgehead atoms. The van der Waals surface area contributed by atoms with Crippen LogP contribution in [0.5, 0.6) is 0 Å². The molecule has 0 spiro atoms. The lowest BCUT2D eigenvalue weighted by Gasteiger charge is -2.03. The fourth-order valence-electron chi connectivity index (χ4n) is 1.05. The Morgan fingerprint density at radius 2 is 2.46 bits per heavy atom. The predicted molar refractivity (Wildman–Crippen MR) is 46.8 cm³/mol. The first-order valence-electron chi connectivity index (χ1n) is 3.91. The number of rotatable bonds is 4. The van der Waals surface area contributed by atoms with Crippen molar-refractivity contribution in [2.24, 2.45) is 0 Å². The summed E-state index contributed by atoms with van der Waals surface area (Å²) in [4.78, 5) is 14.6. The zero-order valence-corrected chi connectivity index (χ0v) is 7.36. The van der Waals surface area contributed by atoms with Crippen LogP contribution >= 0.6 is 0 Å². The van der Waals surface area contributed by atoms with Gasteiger partial charge in [-0.1, -0.05) is 0 Å². The second kappa shape index (κ2) is 4.57. The molecule has 1 heterocycles. The van der Waals surface area contributed by atoms with Crippen LogP contribution in [0, 0.1) is 0 Å². The van der Waals surface area contributed by atoms with Crippen molar-refractivity contribution >= 4 is 5.97 Å². The van der Waals surface area contributed by atoms with E-state index in [1.807, 2.05) is 0 Å². The number of hydrogen-bond acceptors (Lipinski definition) is 3. The highest BCUT2D eigenvalue weighted by molar-refractivity contribution is 5.89. The maximum absolute atomic E-state index is 10.7. The molecule has 0 unspecified atom stereocenters. The summed E-state index contributed by atoms with van der Waals surface area (Å²) in [6.45, 7) is 0.506. The lowest BCUT2D eigenvalue weighted by molar-refractivity contribution is 0.0695. The molecule has 4 nitrogen and oxygen atoms in total. The molecule has 13 heavy (non-hydrogen) atoms. The van der Waals surface area contributed by atoms with Gasteiger partial charge in [0.05, 0.1) is 12.2 Å². The third-order valence-electron chi connectivity index (χ3n) is 1.71. The number of aromatic nitrogens is 1. The van der Waals surface area contributed by atoms with Crippen LogP contribution in [0.1, 0.15) is 15.9 Å². The van der Waals surface area contributed by atoms with Gasteiger partial charge in [-0.2, -0.15) is 0 Å². The van der Waals surface area contributed by atoms with Crippen LogP contribution in [0.3, 0.4) is 0 Å². The first-order valence-corrected chi connectivity index (χ1v) is 3.91. The molecule has 0 atom stereocenters. The summed E-state index contributed by atoms with van der Waals surface area (Å²) in [5.74, 6) is -0.923. The number of carboxylic acid groups (broad SMARTS) is 1. The largest absolute Gasteiger partial charge is 0.478 e. The Morgan fingerprint density at radius 3 is 3.08 bits per heavy atom. The lowest BCUT2D eigenvalue weighted by Crippen LogP contribution is -2.05. The summed E-state index contributed by atoms with van der Waals surface area (Å²) in [5, 5.41) is 8.80. The molecule has 4 heteroatoms. The number of aromatic carboxylic acids is 1. The second-order valence-corrected chi connectivity index (χ2v) is 2.58. The molecule has 0 aliphatic heterocycles. The van der Waals surface area contributed by atoms with Crippen molar-refractivity contribution in [3.05, 3.63) is 29.6 Å². The van der Waals surface area contributed by atoms with Crippen molar-refractivity contribution in [2.75, 3.05) is 13.7 Å². The van der Waals surface area contributed by atoms with Crippen LogP contribution in [-0.4, -0.2) is 29.8 Å². The summed E-state index contributed by atoms with van der Waals surface area (Å²) in [5.41, 5.74) is 1.00. The van der Waals surface area contributed by atoms with E-state index in [0.717, 1.165) is 0 Å². The van der Waals surface area contributed by atoms with E-state index in [9.17, 15) is 4.79 Å². The summed E-state index contributed by atoms with van der Waals surface area (Å²) in [6.07, 6.45) is 3.61. The molecule has 0 aliphatic rings. The van der Waals surface area contributed by atoms with Gasteiger partial charge in [0.2, 0.25) is 0 Å². The molecule has 0 amide bonds. The van der Waals surface area contributed by atoms with Crippen molar-refractivity contribution in [2.45, 2.75) is 6.42 Å². The molecule has 70 valence electrons. The molecule has 0 saturated carbocycles. The van der Waals surface area contributed by atoms with Crippen molar-refractivity contribution in [1.82, 2.24) is 4.98 Å². The van der Waals surface area contributed by atoms with E-state index >= 15 is 0 Å². The number of ether oxygens (including phenoxy) is 1. The van der Waals surface area contributed by atoms with E-state index in [2.05, 4.69) is 4.98 Å². The van der Waals surface area contributed by atoms with Crippen LogP contribution < -0.4 is 0 Å². The Balaban J connectivity index is 2.84. The third kappa shape index (κ3) is 2.52. The SMILES string of the molecule is COCCc1cnccc1C(=O)O. The molecule has 0 aliphatic carbocycles. The van der Waals surface area contributed by atoms with Crippen LogP contribution in [-0.2, 0) is 11.2 Å². The summed E-state index contributed by atoms with van der Waals surface area (Å²) in [7, 11) is 1.58. The molecular weight excluding hydrogens is 170 g/mol. The van der Waals surface area contributed by atoms with Gasteiger partial charge in [0.1, 0.15) is 0 Å². The zero-order chi connectivity index (χ0) is 9.68. The number of methoxy groups -OCH3 is 1. The number of carbonyl (C=O) groups is 1. The number of pyridine rings is 1. The average Bonchev–Trinajstić information content (AvgIpc) is 2.15. The molecule has 0 fully saturated rings. The smallest absolute Gasteiger partial charge is 0.336 e. The molecule has 1 aromatic heterocycles. The fraction of sp³-hybridized carbons (Fsp3) is 0.333. The van der Waals surface area contributed by atoms with E-state index in [-0.39, 0.29) is 0 Å². The minimum absolute atomic E-state index is 0.298. The minimum atomic E-state index is -0.923. The van der Waals surface area contributed by atoms with Crippen LogP contribution in [0.15, 0.2) is 18.5 Å². The van der Waals surface area contributed by atoms with Gasteiger partial charge in [0.25, 0.3) is 0 Å². The molecule has 1 N–H and O–H groups in total. The highest BCUT2D eigenvalue weighted by Crippen LogP contribution is 2.07. The van der Waals surface area contributed by atoms with E-state index in [0.29, 0.717) is 24.2 Å².